The maximum Gasteiger partial charge on any atom is 0.550 e. The number of hydrogen-bond acceptors (Lipinski definition) is 3. The molecule has 0 fully saturated rings. The van der Waals surface area contributed by atoms with Gasteiger partial charge in [-0.2, -0.15) is 0 Å². The summed E-state index contributed by atoms with van der Waals surface area (Å²) >= 11 is 12.1. The van der Waals surface area contributed by atoms with E-state index in [0.29, 0.717) is 10.0 Å². The van der Waals surface area contributed by atoms with Crippen LogP contribution in [0.3, 0.4) is 0 Å². The van der Waals surface area contributed by atoms with Crippen molar-refractivity contribution in [3.63, 3.8) is 0 Å². The molecule has 4 rings (SSSR count). The molecular weight excluding hydrogens is 354 g/mol. The van der Waals surface area contributed by atoms with Crippen LogP contribution in [-0.2, 0) is 4.76 Å². The fraction of sp³-hybridized carbons (Fsp3) is 0. The molecule has 0 N–H and O–H groups in total. The molecule has 1 heterocycles. The van der Waals surface area contributed by atoms with Crippen LogP contribution in [0.1, 0.15) is 5.56 Å². The van der Waals surface area contributed by atoms with Gasteiger partial charge in [0.1, 0.15) is 0 Å². The van der Waals surface area contributed by atoms with E-state index < -0.39 is 0 Å². The third-order valence-corrected chi connectivity index (χ3v) is 4.50. The molecule has 6 heteroatoms. The number of benzene rings is 3. The molecule has 0 radical (unpaired) electrons. The average Bonchev–Trinajstić information content (AvgIpc) is 3.09. The summed E-state index contributed by atoms with van der Waals surface area (Å²) < 4.78 is 5.78. The van der Waals surface area contributed by atoms with E-state index in [1.54, 1.807) is 0 Å². The van der Waals surface area contributed by atoms with Crippen LogP contribution in [0.25, 0.3) is 0 Å². The molecule has 122 valence electrons. The highest BCUT2D eigenvalue weighted by Gasteiger charge is 2.39. The second-order valence-corrected chi connectivity index (χ2v) is 6.51. The lowest BCUT2D eigenvalue weighted by molar-refractivity contribution is 0.367. The van der Waals surface area contributed by atoms with Crippen molar-refractivity contribution in [2.45, 2.75) is 0 Å². The van der Waals surface area contributed by atoms with Crippen molar-refractivity contribution < 1.29 is 4.76 Å². The van der Waals surface area contributed by atoms with Crippen LogP contribution in [-0.4, -0.2) is 12.9 Å². The highest BCUT2D eigenvalue weighted by Crippen LogP contribution is 2.26. The second kappa shape index (κ2) is 6.83. The van der Waals surface area contributed by atoms with E-state index >= 15 is 0 Å². The van der Waals surface area contributed by atoms with Crippen molar-refractivity contribution in [2.75, 3.05) is 4.81 Å². The van der Waals surface area contributed by atoms with Crippen LogP contribution in [0.2, 0.25) is 10.0 Å². The van der Waals surface area contributed by atoms with E-state index in [-0.39, 0.29) is 7.05 Å². The highest BCUT2D eigenvalue weighted by atomic mass is 35.5. The minimum Gasteiger partial charge on any atom is -0.432 e. The van der Waals surface area contributed by atoms with Gasteiger partial charge >= 0.3 is 7.05 Å². The minimum absolute atomic E-state index is 0.340. The molecule has 0 atom stereocenters. The number of halogens is 2. The smallest absolute Gasteiger partial charge is 0.432 e. The molecular formula is C19H13BCl2N2O. The fourth-order valence-electron chi connectivity index (χ4n) is 2.78. The lowest BCUT2D eigenvalue weighted by Crippen LogP contribution is -2.49. The zero-order valence-corrected chi connectivity index (χ0v) is 14.7. The normalized spacial score (nSPS) is 13.6. The molecule has 0 saturated carbocycles. The molecule has 0 unspecified atom stereocenters. The van der Waals surface area contributed by atoms with Gasteiger partial charge in [0.05, 0.1) is 0 Å². The van der Waals surface area contributed by atoms with Crippen LogP contribution in [0.4, 0.5) is 5.69 Å². The number of amidine groups is 1. The van der Waals surface area contributed by atoms with Crippen molar-refractivity contribution in [1.29, 1.82) is 0 Å². The van der Waals surface area contributed by atoms with Gasteiger partial charge in [0.2, 0.25) is 0 Å². The molecule has 0 saturated heterocycles. The molecule has 0 aliphatic carbocycles. The molecule has 25 heavy (non-hydrogen) atoms. The van der Waals surface area contributed by atoms with E-state index in [1.807, 2.05) is 78.9 Å². The summed E-state index contributed by atoms with van der Waals surface area (Å²) in [7, 11) is -0.340. The Morgan fingerprint density at radius 1 is 0.760 bits per heavy atom. The van der Waals surface area contributed by atoms with Gasteiger partial charge in [0.15, 0.2) is 5.84 Å². The Balaban J connectivity index is 1.78. The van der Waals surface area contributed by atoms with Gasteiger partial charge in [-0.15, -0.1) is 0 Å². The number of anilines is 1. The molecule has 3 aromatic rings. The first kappa shape index (κ1) is 16.1. The predicted molar refractivity (Wildman–Crippen MR) is 105 cm³/mol. The Bertz CT molecular complexity index is 899. The van der Waals surface area contributed by atoms with E-state index in [9.17, 15) is 0 Å². The monoisotopic (exact) mass is 366 g/mol. The van der Waals surface area contributed by atoms with Gasteiger partial charge in [0, 0.05) is 21.3 Å². The standard InChI is InChI=1S/C19H13BCl2N2O/c21-16-8-6-14(7-9-16)19-23-25-20(15-4-2-1-3-5-15)24(19)18-12-10-17(22)11-13-18/h1-13H. The lowest BCUT2D eigenvalue weighted by Gasteiger charge is -2.23. The first-order valence-corrected chi connectivity index (χ1v) is 8.57. The zero-order chi connectivity index (χ0) is 17.2. The average molecular weight is 367 g/mol. The quantitative estimate of drug-likeness (QED) is 0.633. The number of oxime groups is 1. The van der Waals surface area contributed by atoms with E-state index in [0.717, 1.165) is 22.5 Å². The first-order chi connectivity index (χ1) is 12.2. The molecule has 0 spiro atoms. The van der Waals surface area contributed by atoms with Crippen molar-refractivity contribution in [3.8, 4) is 0 Å². The zero-order valence-electron chi connectivity index (χ0n) is 13.1. The Hall–Kier alpha value is -2.43. The molecule has 0 aromatic heterocycles. The largest absolute Gasteiger partial charge is 0.550 e. The fourth-order valence-corrected chi connectivity index (χ4v) is 3.03. The van der Waals surface area contributed by atoms with E-state index in [2.05, 4.69) is 9.97 Å². The third-order valence-electron chi connectivity index (χ3n) is 3.99. The van der Waals surface area contributed by atoms with Gasteiger partial charge < -0.3 is 9.57 Å². The van der Waals surface area contributed by atoms with Crippen LogP contribution in [0.5, 0.6) is 0 Å². The summed E-state index contributed by atoms with van der Waals surface area (Å²) in [4.78, 5) is 2.05. The second-order valence-electron chi connectivity index (χ2n) is 5.64. The molecule has 3 nitrogen and oxygen atoms in total. The summed E-state index contributed by atoms with van der Waals surface area (Å²) in [5.41, 5.74) is 2.90. The Labute approximate surface area is 156 Å². The molecule has 1 aliphatic heterocycles. The molecule has 0 bridgehead atoms. The Morgan fingerprint density at radius 2 is 1.36 bits per heavy atom. The minimum atomic E-state index is -0.340. The van der Waals surface area contributed by atoms with Gasteiger partial charge in [-0.1, -0.05) is 58.7 Å². The number of nitrogens with zero attached hydrogens (tertiary/aromatic N) is 2. The molecule has 3 aromatic carbocycles. The third kappa shape index (κ3) is 3.23. The first-order valence-electron chi connectivity index (χ1n) is 7.82. The van der Waals surface area contributed by atoms with E-state index in [1.165, 1.54) is 0 Å². The number of rotatable bonds is 3. The summed E-state index contributed by atoms with van der Waals surface area (Å²) in [5, 5.41) is 5.71. The summed E-state index contributed by atoms with van der Waals surface area (Å²) in [5.74, 6) is 0.729. The van der Waals surface area contributed by atoms with Crippen LogP contribution in [0.15, 0.2) is 84.0 Å². The van der Waals surface area contributed by atoms with Crippen LogP contribution < -0.4 is 10.3 Å². The summed E-state index contributed by atoms with van der Waals surface area (Å²) in [6.45, 7) is 0. The van der Waals surface area contributed by atoms with Crippen molar-refractivity contribution in [2.24, 2.45) is 5.16 Å². The van der Waals surface area contributed by atoms with Crippen LogP contribution >= 0.6 is 23.2 Å². The summed E-state index contributed by atoms with van der Waals surface area (Å²) in [6, 6.07) is 25.2. The van der Waals surface area contributed by atoms with Crippen molar-refractivity contribution in [3.05, 3.63) is 94.5 Å². The van der Waals surface area contributed by atoms with Gasteiger partial charge in [-0.3, -0.25) is 0 Å². The van der Waals surface area contributed by atoms with Gasteiger partial charge in [0.25, 0.3) is 0 Å². The lowest BCUT2D eigenvalue weighted by atomic mass is 9.71. The van der Waals surface area contributed by atoms with Crippen molar-refractivity contribution >= 4 is 47.2 Å². The SMILES string of the molecule is Clc1ccc(C2=NOB(c3ccccc3)N2c2ccc(Cl)cc2)cc1. The highest BCUT2D eigenvalue weighted by molar-refractivity contribution is 6.76. The maximum absolute atomic E-state index is 6.05. The molecule has 1 aliphatic rings. The Kier molecular flexibility index (Phi) is 4.39. The van der Waals surface area contributed by atoms with Gasteiger partial charge in [-0.25, -0.2) is 0 Å². The molecule has 0 amide bonds. The van der Waals surface area contributed by atoms with Crippen molar-refractivity contribution in [1.82, 2.24) is 0 Å². The Morgan fingerprint density at radius 3 is 2.00 bits per heavy atom. The van der Waals surface area contributed by atoms with Gasteiger partial charge in [-0.05, 0) is 54.0 Å². The summed E-state index contributed by atoms with van der Waals surface area (Å²) in [6.07, 6.45) is 0. The van der Waals surface area contributed by atoms with E-state index in [4.69, 9.17) is 28.0 Å². The topological polar surface area (TPSA) is 24.8 Å². The predicted octanol–water partition coefficient (Wildman–Crippen LogP) is 4.59. The van der Waals surface area contributed by atoms with Crippen LogP contribution in [0, 0.1) is 0 Å². The number of hydrogen-bond donors (Lipinski definition) is 0. The maximum atomic E-state index is 6.05.